The molecule has 0 aliphatic heterocycles. The highest BCUT2D eigenvalue weighted by atomic mass is 19.4. The van der Waals surface area contributed by atoms with Gasteiger partial charge in [-0.25, -0.2) is 4.98 Å². The summed E-state index contributed by atoms with van der Waals surface area (Å²) in [6, 6.07) is 12.3. The third-order valence-corrected chi connectivity index (χ3v) is 3.46. The van der Waals surface area contributed by atoms with Crippen molar-refractivity contribution in [1.29, 1.82) is 0 Å². The van der Waals surface area contributed by atoms with Crippen molar-refractivity contribution in [3.8, 4) is 28.4 Å². The summed E-state index contributed by atoms with van der Waals surface area (Å²) in [6.45, 7) is 0. The first-order valence-corrected chi connectivity index (χ1v) is 6.84. The van der Waals surface area contributed by atoms with Gasteiger partial charge in [-0.2, -0.15) is 13.2 Å². The van der Waals surface area contributed by atoms with Crippen molar-refractivity contribution in [2.45, 2.75) is 6.18 Å². The van der Waals surface area contributed by atoms with Gasteiger partial charge in [0.05, 0.1) is 24.6 Å². The largest absolute Gasteiger partial charge is 0.497 e. The van der Waals surface area contributed by atoms with Crippen LogP contribution in [0.1, 0.15) is 5.56 Å². The molecule has 3 rings (SSSR count). The van der Waals surface area contributed by atoms with E-state index in [2.05, 4.69) is 9.97 Å². The van der Waals surface area contributed by atoms with Gasteiger partial charge >= 0.3 is 6.18 Å². The topological polar surface area (TPSA) is 37.9 Å². The Balaban J connectivity index is 1.86. The number of nitrogens with one attached hydrogen (secondary N) is 1. The van der Waals surface area contributed by atoms with Crippen molar-refractivity contribution in [2.24, 2.45) is 0 Å². The smallest absolute Gasteiger partial charge is 0.416 e. The number of aromatic amines is 1. The van der Waals surface area contributed by atoms with E-state index in [-0.39, 0.29) is 0 Å². The van der Waals surface area contributed by atoms with Gasteiger partial charge in [0.2, 0.25) is 0 Å². The lowest BCUT2D eigenvalue weighted by Gasteiger charge is -2.06. The third kappa shape index (κ3) is 3.21. The Bertz CT molecular complexity index is 790. The Hall–Kier alpha value is -2.76. The fourth-order valence-electron chi connectivity index (χ4n) is 2.20. The lowest BCUT2D eigenvalue weighted by atomic mass is 10.1. The molecule has 3 aromatic rings. The Morgan fingerprint density at radius 2 is 1.52 bits per heavy atom. The molecule has 0 radical (unpaired) electrons. The van der Waals surface area contributed by atoms with Gasteiger partial charge in [0.25, 0.3) is 0 Å². The molecule has 0 atom stereocenters. The molecule has 0 aliphatic carbocycles. The number of alkyl halides is 3. The minimum absolute atomic E-state index is 0.518. The molecule has 0 aliphatic rings. The normalized spacial score (nSPS) is 11.5. The molecule has 0 fully saturated rings. The molecule has 1 N–H and O–H groups in total. The molecule has 23 heavy (non-hydrogen) atoms. The molecule has 118 valence electrons. The van der Waals surface area contributed by atoms with Crippen LogP contribution < -0.4 is 4.74 Å². The summed E-state index contributed by atoms with van der Waals surface area (Å²) < 4.78 is 42.8. The number of imidazole rings is 1. The van der Waals surface area contributed by atoms with Gasteiger partial charge in [0.15, 0.2) is 0 Å². The van der Waals surface area contributed by atoms with Crippen LogP contribution in [0.2, 0.25) is 0 Å². The Morgan fingerprint density at radius 1 is 0.913 bits per heavy atom. The van der Waals surface area contributed by atoms with Crippen LogP contribution in [0.15, 0.2) is 54.7 Å². The predicted octanol–water partition coefficient (Wildman–Crippen LogP) is 4.77. The highest BCUT2D eigenvalue weighted by Gasteiger charge is 2.30. The van der Waals surface area contributed by atoms with Crippen LogP contribution in [0, 0.1) is 0 Å². The van der Waals surface area contributed by atoms with Crippen molar-refractivity contribution >= 4 is 0 Å². The summed E-state index contributed by atoms with van der Waals surface area (Å²) in [6.07, 6.45) is -2.69. The molecular weight excluding hydrogens is 305 g/mol. The SMILES string of the molecule is COc1ccc(-c2cnc(-c3ccc(C(F)(F)F)cc3)[nH]2)cc1. The van der Waals surface area contributed by atoms with Crippen molar-refractivity contribution in [1.82, 2.24) is 9.97 Å². The van der Waals surface area contributed by atoms with E-state index in [1.165, 1.54) is 12.1 Å². The van der Waals surface area contributed by atoms with E-state index in [0.717, 1.165) is 29.1 Å². The molecule has 0 spiro atoms. The highest BCUT2D eigenvalue weighted by molar-refractivity contribution is 5.65. The van der Waals surface area contributed by atoms with Crippen LogP contribution in [0.4, 0.5) is 13.2 Å². The lowest BCUT2D eigenvalue weighted by Crippen LogP contribution is -2.04. The summed E-state index contributed by atoms with van der Waals surface area (Å²) in [5.74, 6) is 1.26. The van der Waals surface area contributed by atoms with E-state index in [4.69, 9.17) is 4.74 Å². The number of hydrogen-bond donors (Lipinski definition) is 1. The second-order valence-corrected chi connectivity index (χ2v) is 4.95. The van der Waals surface area contributed by atoms with Gasteiger partial charge in [0.1, 0.15) is 11.6 Å². The molecular formula is C17H13F3N2O. The molecule has 6 heteroatoms. The van der Waals surface area contributed by atoms with E-state index in [1.54, 1.807) is 13.3 Å². The minimum Gasteiger partial charge on any atom is -0.497 e. The number of halogens is 3. The van der Waals surface area contributed by atoms with Gasteiger partial charge in [-0.1, -0.05) is 12.1 Å². The number of aromatic nitrogens is 2. The summed E-state index contributed by atoms with van der Waals surface area (Å²) >= 11 is 0. The summed E-state index contributed by atoms with van der Waals surface area (Å²) in [5, 5.41) is 0. The molecule has 0 unspecified atom stereocenters. The number of nitrogens with zero attached hydrogens (tertiary/aromatic N) is 1. The van der Waals surface area contributed by atoms with Gasteiger partial charge in [-0.05, 0) is 42.0 Å². The quantitative estimate of drug-likeness (QED) is 0.755. The first-order chi connectivity index (χ1) is 11.0. The molecule has 3 nitrogen and oxygen atoms in total. The predicted molar refractivity (Wildman–Crippen MR) is 81.0 cm³/mol. The fourth-order valence-corrected chi connectivity index (χ4v) is 2.20. The van der Waals surface area contributed by atoms with Crippen LogP contribution in [0.25, 0.3) is 22.6 Å². The number of ether oxygens (including phenoxy) is 1. The maximum absolute atomic E-state index is 12.6. The first kappa shape index (κ1) is 15.1. The van der Waals surface area contributed by atoms with Crippen LogP contribution in [-0.2, 0) is 6.18 Å². The zero-order chi connectivity index (χ0) is 16.4. The van der Waals surface area contributed by atoms with E-state index in [1.807, 2.05) is 24.3 Å². The lowest BCUT2D eigenvalue weighted by molar-refractivity contribution is -0.137. The van der Waals surface area contributed by atoms with E-state index < -0.39 is 11.7 Å². The molecule has 1 aromatic heterocycles. The molecule has 2 aromatic carbocycles. The number of H-pyrrole nitrogens is 1. The summed E-state index contributed by atoms with van der Waals surface area (Å²) in [4.78, 5) is 7.34. The average molecular weight is 318 g/mol. The van der Waals surface area contributed by atoms with Gasteiger partial charge < -0.3 is 9.72 Å². The summed E-state index contributed by atoms with van der Waals surface area (Å²) in [5.41, 5.74) is 1.61. The molecule has 0 bridgehead atoms. The maximum atomic E-state index is 12.6. The van der Waals surface area contributed by atoms with Crippen molar-refractivity contribution in [3.63, 3.8) is 0 Å². The minimum atomic E-state index is -4.34. The van der Waals surface area contributed by atoms with Gasteiger partial charge in [-0.15, -0.1) is 0 Å². The van der Waals surface area contributed by atoms with Crippen LogP contribution in [0.5, 0.6) is 5.75 Å². The Morgan fingerprint density at radius 3 is 2.09 bits per heavy atom. The first-order valence-electron chi connectivity index (χ1n) is 6.84. The van der Waals surface area contributed by atoms with Crippen LogP contribution in [0.3, 0.4) is 0 Å². The zero-order valence-electron chi connectivity index (χ0n) is 12.2. The average Bonchev–Trinajstić information content (AvgIpc) is 3.04. The number of hydrogen-bond acceptors (Lipinski definition) is 2. The number of methoxy groups -OCH3 is 1. The number of rotatable bonds is 3. The third-order valence-electron chi connectivity index (χ3n) is 3.46. The Labute approximate surface area is 130 Å². The monoisotopic (exact) mass is 318 g/mol. The van der Waals surface area contributed by atoms with Crippen molar-refractivity contribution in [3.05, 3.63) is 60.3 Å². The summed E-state index contributed by atoms with van der Waals surface area (Å²) in [7, 11) is 1.59. The van der Waals surface area contributed by atoms with Crippen molar-refractivity contribution in [2.75, 3.05) is 7.11 Å². The maximum Gasteiger partial charge on any atom is 0.416 e. The zero-order valence-corrected chi connectivity index (χ0v) is 12.2. The standard InChI is InChI=1S/C17H13F3N2O/c1-23-14-8-4-11(5-9-14)15-10-21-16(22-15)12-2-6-13(7-3-12)17(18,19)20/h2-10H,1H3,(H,21,22). The molecule has 0 amide bonds. The van der Waals surface area contributed by atoms with E-state index in [9.17, 15) is 13.2 Å². The highest BCUT2D eigenvalue weighted by Crippen LogP contribution is 2.31. The van der Waals surface area contributed by atoms with Gasteiger partial charge in [-0.3, -0.25) is 0 Å². The van der Waals surface area contributed by atoms with Crippen LogP contribution in [-0.4, -0.2) is 17.1 Å². The fraction of sp³-hybridized carbons (Fsp3) is 0.118. The molecule has 1 heterocycles. The van der Waals surface area contributed by atoms with Crippen molar-refractivity contribution < 1.29 is 17.9 Å². The van der Waals surface area contributed by atoms with Gasteiger partial charge in [0, 0.05) is 5.56 Å². The number of benzene rings is 2. The molecule has 0 saturated heterocycles. The van der Waals surface area contributed by atoms with E-state index >= 15 is 0 Å². The second-order valence-electron chi connectivity index (χ2n) is 4.95. The van der Waals surface area contributed by atoms with E-state index in [0.29, 0.717) is 11.4 Å². The molecule has 0 saturated carbocycles. The van der Waals surface area contributed by atoms with Crippen LogP contribution >= 0.6 is 0 Å². The Kier molecular flexibility index (Phi) is 3.82. The second kappa shape index (κ2) is 5.79.